The fourth-order valence-electron chi connectivity index (χ4n) is 2.47. The normalized spacial score (nSPS) is 16.1. The van der Waals surface area contributed by atoms with Gasteiger partial charge in [0.2, 0.25) is 5.91 Å². The average Bonchev–Trinajstić information content (AvgIpc) is 2.30. The summed E-state index contributed by atoms with van der Waals surface area (Å²) in [6, 6.07) is 8.47. The third-order valence-electron chi connectivity index (χ3n) is 3.73. The molecule has 5 heteroatoms. The van der Waals surface area contributed by atoms with Crippen molar-refractivity contribution in [1.29, 1.82) is 0 Å². The zero-order valence-corrected chi connectivity index (χ0v) is 13.4. The van der Waals surface area contributed by atoms with Crippen molar-refractivity contribution in [2.75, 3.05) is 20.1 Å². The molecule has 0 unspecified atom stereocenters. The summed E-state index contributed by atoms with van der Waals surface area (Å²) in [7, 11) is 1.79. The van der Waals surface area contributed by atoms with Crippen LogP contribution in [-0.2, 0) is 10.2 Å². The van der Waals surface area contributed by atoms with E-state index in [4.69, 9.17) is 0 Å². The van der Waals surface area contributed by atoms with Gasteiger partial charge in [0.25, 0.3) is 0 Å². The highest BCUT2D eigenvalue weighted by Crippen LogP contribution is 2.43. The number of nitrogens with one attached hydrogen (secondary N) is 2. The van der Waals surface area contributed by atoms with E-state index < -0.39 is 0 Å². The van der Waals surface area contributed by atoms with Gasteiger partial charge in [0.05, 0.1) is 6.54 Å². The van der Waals surface area contributed by atoms with E-state index in [2.05, 4.69) is 50.8 Å². The Balaban J connectivity index is 0.00000180. The lowest BCUT2D eigenvalue weighted by Crippen LogP contribution is -2.47. The number of carbonyl (C=O) groups is 1. The number of benzene rings is 1. The van der Waals surface area contributed by atoms with Gasteiger partial charge >= 0.3 is 0 Å². The second kappa shape index (κ2) is 7.27. The monoisotopic (exact) mass is 346 g/mol. The van der Waals surface area contributed by atoms with Crippen LogP contribution >= 0.6 is 28.3 Å². The number of halogens is 2. The van der Waals surface area contributed by atoms with Crippen LogP contribution in [-0.4, -0.2) is 26.0 Å². The Morgan fingerprint density at radius 2 is 1.95 bits per heavy atom. The summed E-state index contributed by atoms with van der Waals surface area (Å²) in [5.41, 5.74) is 1.49. The van der Waals surface area contributed by atoms with Crippen LogP contribution in [0.25, 0.3) is 0 Å². The lowest BCUT2D eigenvalue weighted by atomic mass is 9.64. The second-order valence-electron chi connectivity index (χ2n) is 4.95. The first-order valence-corrected chi connectivity index (χ1v) is 7.13. The molecular weight excluding hydrogens is 328 g/mol. The lowest BCUT2D eigenvalue weighted by molar-refractivity contribution is -0.120. The highest BCUT2D eigenvalue weighted by molar-refractivity contribution is 9.10. The maximum Gasteiger partial charge on any atom is 0.233 e. The minimum atomic E-state index is 0. The Morgan fingerprint density at radius 3 is 2.42 bits per heavy atom. The summed E-state index contributed by atoms with van der Waals surface area (Å²) in [4.78, 5) is 11.5. The molecule has 1 aromatic carbocycles. The van der Waals surface area contributed by atoms with Crippen molar-refractivity contribution in [2.45, 2.75) is 24.7 Å². The van der Waals surface area contributed by atoms with Crippen LogP contribution in [0.1, 0.15) is 24.8 Å². The summed E-state index contributed by atoms with van der Waals surface area (Å²) in [6.45, 7) is 1.13. The van der Waals surface area contributed by atoms with Crippen LogP contribution in [0.15, 0.2) is 28.7 Å². The van der Waals surface area contributed by atoms with Gasteiger partial charge in [0.1, 0.15) is 0 Å². The van der Waals surface area contributed by atoms with E-state index in [1.54, 1.807) is 7.05 Å². The molecule has 2 N–H and O–H groups in total. The van der Waals surface area contributed by atoms with E-state index >= 15 is 0 Å². The molecular formula is C14H20BrClN2O. The first-order chi connectivity index (χ1) is 8.66. The Bertz CT molecular complexity index is 418. The van der Waals surface area contributed by atoms with Crippen molar-refractivity contribution < 1.29 is 4.79 Å². The highest BCUT2D eigenvalue weighted by Gasteiger charge is 2.38. The van der Waals surface area contributed by atoms with Gasteiger partial charge in [0, 0.05) is 16.4 Å². The van der Waals surface area contributed by atoms with Crippen LogP contribution in [0.2, 0.25) is 0 Å². The molecule has 1 saturated carbocycles. The minimum absolute atomic E-state index is 0. The van der Waals surface area contributed by atoms with Gasteiger partial charge in [-0.25, -0.2) is 0 Å². The zero-order valence-electron chi connectivity index (χ0n) is 11.0. The van der Waals surface area contributed by atoms with E-state index in [1.807, 2.05) is 0 Å². The van der Waals surface area contributed by atoms with Gasteiger partial charge in [0.15, 0.2) is 0 Å². The number of amides is 1. The number of hydrogen-bond donors (Lipinski definition) is 2. The van der Waals surface area contributed by atoms with Crippen LogP contribution < -0.4 is 10.6 Å². The molecule has 0 radical (unpaired) electrons. The molecule has 2 rings (SSSR count). The summed E-state index contributed by atoms with van der Waals surface area (Å²) >= 11 is 3.46. The van der Waals surface area contributed by atoms with Crippen molar-refractivity contribution in [2.24, 2.45) is 0 Å². The third kappa shape index (κ3) is 3.94. The topological polar surface area (TPSA) is 41.1 Å². The zero-order chi connectivity index (χ0) is 13.0. The molecule has 106 valence electrons. The number of rotatable bonds is 5. The second-order valence-corrected chi connectivity index (χ2v) is 5.86. The lowest BCUT2D eigenvalue weighted by Gasteiger charge is -2.42. The molecule has 0 heterocycles. The Morgan fingerprint density at radius 1 is 1.32 bits per heavy atom. The van der Waals surface area contributed by atoms with Crippen molar-refractivity contribution in [1.82, 2.24) is 10.6 Å². The van der Waals surface area contributed by atoms with Crippen LogP contribution in [0.4, 0.5) is 0 Å². The van der Waals surface area contributed by atoms with Crippen LogP contribution in [0.5, 0.6) is 0 Å². The fraction of sp³-hybridized carbons (Fsp3) is 0.500. The predicted molar refractivity (Wildman–Crippen MR) is 83.9 cm³/mol. The predicted octanol–water partition coefficient (Wildman–Crippen LogP) is 2.63. The standard InChI is InChI=1S/C14H19BrN2O.ClH/c1-16-9-13(18)17-10-14(7-2-8-14)11-3-5-12(15)6-4-11;/h3-6,16H,2,7-10H2,1H3,(H,17,18);1H. The Kier molecular flexibility index (Phi) is 6.30. The minimum Gasteiger partial charge on any atom is -0.354 e. The quantitative estimate of drug-likeness (QED) is 0.860. The van der Waals surface area contributed by atoms with Gasteiger partial charge in [-0.1, -0.05) is 34.5 Å². The van der Waals surface area contributed by atoms with Crippen LogP contribution in [0.3, 0.4) is 0 Å². The largest absolute Gasteiger partial charge is 0.354 e. The van der Waals surface area contributed by atoms with E-state index in [1.165, 1.54) is 12.0 Å². The Hall–Kier alpha value is -0.580. The maximum atomic E-state index is 11.5. The van der Waals surface area contributed by atoms with Gasteiger partial charge in [-0.3, -0.25) is 4.79 Å². The molecule has 1 aliphatic carbocycles. The molecule has 1 aliphatic rings. The average molecular weight is 348 g/mol. The van der Waals surface area contributed by atoms with Crippen molar-refractivity contribution >= 4 is 34.2 Å². The molecule has 0 saturated heterocycles. The molecule has 19 heavy (non-hydrogen) atoms. The van der Waals surface area contributed by atoms with Gasteiger partial charge < -0.3 is 10.6 Å². The number of likely N-dealkylation sites (N-methyl/N-ethyl adjacent to an activating group) is 1. The van der Waals surface area contributed by atoms with Crippen molar-refractivity contribution in [3.63, 3.8) is 0 Å². The summed E-state index contributed by atoms with van der Waals surface area (Å²) in [6.07, 6.45) is 3.57. The molecule has 0 aliphatic heterocycles. The molecule has 1 aromatic rings. The molecule has 0 bridgehead atoms. The molecule has 0 aromatic heterocycles. The summed E-state index contributed by atoms with van der Waals surface area (Å²) in [5.74, 6) is 0.0703. The van der Waals surface area contributed by atoms with Gasteiger partial charge in [-0.2, -0.15) is 0 Å². The smallest absolute Gasteiger partial charge is 0.233 e. The molecule has 3 nitrogen and oxygen atoms in total. The first-order valence-electron chi connectivity index (χ1n) is 6.34. The number of hydrogen-bond acceptors (Lipinski definition) is 2. The van der Waals surface area contributed by atoms with Crippen LogP contribution in [0, 0.1) is 0 Å². The molecule has 0 atom stereocenters. The maximum absolute atomic E-state index is 11.5. The molecule has 1 amide bonds. The SMILES string of the molecule is CNCC(=O)NCC1(c2ccc(Br)cc2)CCC1.Cl. The van der Waals surface area contributed by atoms with E-state index in [9.17, 15) is 4.79 Å². The van der Waals surface area contributed by atoms with Gasteiger partial charge in [-0.15, -0.1) is 12.4 Å². The fourth-order valence-corrected chi connectivity index (χ4v) is 2.73. The van der Waals surface area contributed by atoms with E-state index in [-0.39, 0.29) is 23.7 Å². The van der Waals surface area contributed by atoms with E-state index in [0.717, 1.165) is 23.9 Å². The van der Waals surface area contributed by atoms with Crippen molar-refractivity contribution in [3.8, 4) is 0 Å². The van der Waals surface area contributed by atoms with Crippen molar-refractivity contribution in [3.05, 3.63) is 34.3 Å². The highest BCUT2D eigenvalue weighted by atomic mass is 79.9. The molecule has 1 fully saturated rings. The number of carbonyl (C=O) groups excluding carboxylic acids is 1. The van der Waals surface area contributed by atoms with E-state index in [0.29, 0.717) is 6.54 Å². The first kappa shape index (κ1) is 16.5. The summed E-state index contributed by atoms with van der Waals surface area (Å²) < 4.78 is 1.10. The van der Waals surface area contributed by atoms with Gasteiger partial charge in [-0.05, 0) is 37.6 Å². The molecule has 0 spiro atoms. The summed E-state index contributed by atoms with van der Waals surface area (Å²) in [5, 5.41) is 5.90. The Labute approximate surface area is 129 Å². The third-order valence-corrected chi connectivity index (χ3v) is 4.26.